The van der Waals surface area contributed by atoms with Crippen LogP contribution in [0.1, 0.15) is 11.7 Å². The normalized spacial score (nSPS) is 12.8. The molecule has 0 amide bonds. The number of hydrogen-bond acceptors (Lipinski definition) is 4. The van der Waals surface area contributed by atoms with Gasteiger partial charge in [-0.05, 0) is 12.1 Å². The summed E-state index contributed by atoms with van der Waals surface area (Å²) in [6.07, 6.45) is 3.49. The van der Waals surface area contributed by atoms with Gasteiger partial charge in [-0.25, -0.2) is 4.98 Å². The van der Waals surface area contributed by atoms with Crippen molar-refractivity contribution in [1.29, 1.82) is 0 Å². The summed E-state index contributed by atoms with van der Waals surface area (Å²) in [6.45, 7) is 0.621. The Morgan fingerprint density at radius 1 is 1.35 bits per heavy atom. The van der Waals surface area contributed by atoms with E-state index in [9.17, 15) is 0 Å². The third-order valence-corrected chi connectivity index (χ3v) is 3.44. The molecule has 0 saturated heterocycles. The molecule has 6 heteroatoms. The minimum atomic E-state index is -0.213. The lowest BCUT2D eigenvalue weighted by Gasteiger charge is -2.15. The van der Waals surface area contributed by atoms with Gasteiger partial charge in [-0.1, -0.05) is 12.1 Å². The maximum Gasteiger partial charge on any atom is 0.161 e. The molecule has 1 unspecified atom stereocenters. The maximum atomic E-state index is 6.31. The van der Waals surface area contributed by atoms with Crippen LogP contribution in [0.25, 0.3) is 11.0 Å². The average Bonchev–Trinajstić information content (AvgIpc) is 3.03. The number of para-hydroxylation sites is 2. The zero-order valence-corrected chi connectivity index (χ0v) is 11.5. The number of benzene rings is 1. The fourth-order valence-corrected chi connectivity index (χ4v) is 2.46. The highest BCUT2D eigenvalue weighted by Gasteiger charge is 2.18. The van der Waals surface area contributed by atoms with Crippen LogP contribution < -0.4 is 10.5 Å². The first kappa shape index (κ1) is 12.7. The minimum Gasteiger partial charge on any atom is -0.493 e. The van der Waals surface area contributed by atoms with Gasteiger partial charge in [0.25, 0.3) is 0 Å². The van der Waals surface area contributed by atoms with Gasteiger partial charge in [-0.3, -0.25) is 4.68 Å². The predicted molar refractivity (Wildman–Crippen MR) is 76.4 cm³/mol. The van der Waals surface area contributed by atoms with Crippen LogP contribution in [0.2, 0.25) is 0 Å². The van der Waals surface area contributed by atoms with Gasteiger partial charge in [0.1, 0.15) is 0 Å². The molecule has 0 saturated carbocycles. The molecule has 104 valence electrons. The standard InChI is InChI=1S/C14H17N5O/c1-18-14(13(20-2)7-17-18)10(15)8-19-9-16-11-5-3-4-6-12(11)19/h3-7,9-10H,8,15H2,1-2H3. The molecular formula is C14H17N5O. The Balaban J connectivity index is 1.92. The number of aryl methyl sites for hydroxylation is 1. The number of rotatable bonds is 4. The van der Waals surface area contributed by atoms with E-state index in [1.807, 2.05) is 42.2 Å². The van der Waals surface area contributed by atoms with E-state index in [2.05, 4.69) is 10.1 Å². The van der Waals surface area contributed by atoms with Crippen LogP contribution in [0.15, 0.2) is 36.8 Å². The van der Waals surface area contributed by atoms with E-state index < -0.39 is 0 Å². The average molecular weight is 271 g/mol. The Bertz CT molecular complexity index is 730. The lowest BCUT2D eigenvalue weighted by atomic mass is 10.2. The number of methoxy groups -OCH3 is 1. The highest BCUT2D eigenvalue weighted by atomic mass is 16.5. The van der Waals surface area contributed by atoms with E-state index in [1.165, 1.54) is 0 Å². The van der Waals surface area contributed by atoms with Gasteiger partial charge in [0.05, 0.1) is 42.4 Å². The van der Waals surface area contributed by atoms with Gasteiger partial charge in [0.15, 0.2) is 5.75 Å². The number of aromatic nitrogens is 4. The molecule has 2 aromatic heterocycles. The molecule has 2 N–H and O–H groups in total. The topological polar surface area (TPSA) is 70.9 Å². The van der Waals surface area contributed by atoms with Crippen LogP contribution in [-0.2, 0) is 13.6 Å². The molecule has 6 nitrogen and oxygen atoms in total. The molecule has 0 bridgehead atoms. The van der Waals surface area contributed by atoms with Crippen LogP contribution >= 0.6 is 0 Å². The van der Waals surface area contributed by atoms with E-state index in [-0.39, 0.29) is 6.04 Å². The Morgan fingerprint density at radius 2 is 2.15 bits per heavy atom. The van der Waals surface area contributed by atoms with Crippen molar-refractivity contribution in [2.75, 3.05) is 7.11 Å². The molecule has 0 radical (unpaired) electrons. The third-order valence-electron chi connectivity index (χ3n) is 3.44. The van der Waals surface area contributed by atoms with E-state index >= 15 is 0 Å². The fraction of sp³-hybridized carbons (Fsp3) is 0.286. The Labute approximate surface area is 116 Å². The number of ether oxygens (including phenoxy) is 1. The van der Waals surface area contributed by atoms with Crippen molar-refractivity contribution in [1.82, 2.24) is 19.3 Å². The number of hydrogen-bond donors (Lipinski definition) is 1. The Kier molecular flexibility index (Phi) is 3.15. The minimum absolute atomic E-state index is 0.213. The van der Waals surface area contributed by atoms with Crippen LogP contribution in [-0.4, -0.2) is 26.4 Å². The summed E-state index contributed by atoms with van der Waals surface area (Å²) in [5.41, 5.74) is 9.23. The molecular weight excluding hydrogens is 254 g/mol. The SMILES string of the molecule is COc1cnn(C)c1C(N)Cn1cnc2ccccc21. The van der Waals surface area contributed by atoms with Gasteiger partial charge in [-0.15, -0.1) is 0 Å². The smallest absolute Gasteiger partial charge is 0.161 e. The Morgan fingerprint density at radius 3 is 2.95 bits per heavy atom. The number of fused-ring (bicyclic) bond motifs is 1. The van der Waals surface area contributed by atoms with Gasteiger partial charge >= 0.3 is 0 Å². The molecule has 1 atom stereocenters. The number of imidazole rings is 1. The van der Waals surface area contributed by atoms with Crippen LogP contribution in [0, 0.1) is 0 Å². The molecule has 20 heavy (non-hydrogen) atoms. The molecule has 0 aliphatic rings. The van der Waals surface area contributed by atoms with Crippen molar-refractivity contribution in [2.45, 2.75) is 12.6 Å². The number of nitrogens with zero attached hydrogens (tertiary/aromatic N) is 4. The summed E-state index contributed by atoms with van der Waals surface area (Å²) in [5, 5.41) is 4.19. The molecule has 2 heterocycles. The van der Waals surface area contributed by atoms with Gasteiger partial charge in [0, 0.05) is 13.6 Å². The summed E-state index contributed by atoms with van der Waals surface area (Å²) in [4.78, 5) is 4.37. The molecule has 0 aliphatic heterocycles. The van der Waals surface area contributed by atoms with Crippen molar-refractivity contribution in [3.8, 4) is 5.75 Å². The van der Waals surface area contributed by atoms with Crippen molar-refractivity contribution < 1.29 is 4.74 Å². The molecule has 0 spiro atoms. The molecule has 3 rings (SSSR count). The highest BCUT2D eigenvalue weighted by Crippen LogP contribution is 2.24. The lowest BCUT2D eigenvalue weighted by Crippen LogP contribution is -2.20. The summed E-state index contributed by atoms with van der Waals surface area (Å²) in [7, 11) is 3.49. The van der Waals surface area contributed by atoms with Gasteiger partial charge in [-0.2, -0.15) is 5.10 Å². The van der Waals surface area contributed by atoms with Crippen molar-refractivity contribution in [3.05, 3.63) is 42.5 Å². The third kappa shape index (κ3) is 2.04. The zero-order valence-electron chi connectivity index (χ0n) is 11.5. The monoisotopic (exact) mass is 271 g/mol. The van der Waals surface area contributed by atoms with Crippen molar-refractivity contribution >= 4 is 11.0 Å². The summed E-state index contributed by atoms with van der Waals surface area (Å²) < 4.78 is 9.11. The second-order valence-corrected chi connectivity index (χ2v) is 4.71. The largest absolute Gasteiger partial charge is 0.493 e. The first-order chi connectivity index (χ1) is 9.70. The Hall–Kier alpha value is -2.34. The van der Waals surface area contributed by atoms with Crippen LogP contribution in [0.5, 0.6) is 5.75 Å². The second kappa shape index (κ2) is 4.97. The fourth-order valence-electron chi connectivity index (χ4n) is 2.46. The summed E-state index contributed by atoms with van der Waals surface area (Å²) in [6, 6.07) is 7.79. The molecule has 1 aromatic carbocycles. The predicted octanol–water partition coefficient (Wildman–Crippen LogP) is 1.48. The van der Waals surface area contributed by atoms with Crippen molar-refractivity contribution in [2.24, 2.45) is 12.8 Å². The maximum absolute atomic E-state index is 6.31. The first-order valence-electron chi connectivity index (χ1n) is 6.42. The molecule has 0 aliphatic carbocycles. The molecule has 0 fully saturated rings. The van der Waals surface area contributed by atoms with Gasteiger partial charge < -0.3 is 15.0 Å². The quantitative estimate of drug-likeness (QED) is 0.780. The van der Waals surface area contributed by atoms with Crippen molar-refractivity contribution in [3.63, 3.8) is 0 Å². The molecule has 3 aromatic rings. The van der Waals surface area contributed by atoms with E-state index in [1.54, 1.807) is 18.0 Å². The lowest BCUT2D eigenvalue weighted by molar-refractivity contribution is 0.399. The van der Waals surface area contributed by atoms with Crippen LogP contribution in [0.4, 0.5) is 0 Å². The van der Waals surface area contributed by atoms with E-state index in [0.29, 0.717) is 12.3 Å². The highest BCUT2D eigenvalue weighted by molar-refractivity contribution is 5.74. The summed E-state index contributed by atoms with van der Waals surface area (Å²) in [5.74, 6) is 0.712. The van der Waals surface area contributed by atoms with E-state index in [0.717, 1.165) is 16.7 Å². The summed E-state index contributed by atoms with van der Waals surface area (Å²) >= 11 is 0. The second-order valence-electron chi connectivity index (χ2n) is 4.71. The zero-order chi connectivity index (χ0) is 14.1. The first-order valence-corrected chi connectivity index (χ1v) is 6.42. The van der Waals surface area contributed by atoms with Gasteiger partial charge in [0.2, 0.25) is 0 Å². The number of nitrogens with two attached hydrogens (primary N) is 1. The van der Waals surface area contributed by atoms with Crippen LogP contribution in [0.3, 0.4) is 0 Å². The van der Waals surface area contributed by atoms with E-state index in [4.69, 9.17) is 10.5 Å².